The molecule has 32 heavy (non-hydrogen) atoms. The van der Waals surface area contributed by atoms with Crippen molar-refractivity contribution in [3.8, 4) is 0 Å². The van der Waals surface area contributed by atoms with Crippen LogP contribution in [0.15, 0.2) is 48.5 Å². The van der Waals surface area contributed by atoms with Gasteiger partial charge in [-0.25, -0.2) is 0 Å². The van der Waals surface area contributed by atoms with Crippen LogP contribution < -0.4 is 0 Å². The first-order chi connectivity index (χ1) is 15.1. The van der Waals surface area contributed by atoms with Crippen LogP contribution in [0.5, 0.6) is 0 Å². The highest BCUT2D eigenvalue weighted by molar-refractivity contribution is 6.30. The number of aliphatic hydroxyl groups excluding tert-OH is 1. The maximum Gasteiger partial charge on any atom is 1.00 e. The van der Waals surface area contributed by atoms with Crippen molar-refractivity contribution < 1.29 is 20.8 Å². The maximum absolute atomic E-state index is 10.8. The predicted octanol–water partition coefficient (Wildman–Crippen LogP) is 6.84. The molecule has 1 N–H and O–H groups in total. The molecular weight excluding hydrogens is 447 g/mol. The fraction of sp³-hybridized carbons (Fsp3) is 0.500. The third kappa shape index (κ3) is 8.49. The quantitative estimate of drug-likeness (QED) is 0.329. The first-order valence-corrected chi connectivity index (χ1v) is 11.3. The lowest BCUT2D eigenvalue weighted by atomic mass is 9.93. The van der Waals surface area contributed by atoms with Gasteiger partial charge < -0.3 is 19.4 Å². The van der Waals surface area contributed by atoms with Gasteiger partial charge in [0.15, 0.2) is 6.29 Å². The Labute approximate surface area is 204 Å². The zero-order chi connectivity index (χ0) is 22.8. The van der Waals surface area contributed by atoms with E-state index in [9.17, 15) is 4.79 Å². The topological polar surface area (TPSA) is 55.8 Å². The number of aldehydes is 1. The second kappa shape index (κ2) is 14.7. The molecule has 0 aromatic heterocycles. The van der Waals surface area contributed by atoms with E-state index in [-0.39, 0.29) is 21.1 Å². The normalized spacial score (nSPS) is 16.5. The second-order valence-corrected chi connectivity index (χ2v) is 8.68. The average Bonchev–Trinajstić information content (AvgIpc) is 3.71. The zero-order valence-corrected chi connectivity index (χ0v) is 19.9. The predicted molar refractivity (Wildman–Crippen MR) is 134 cm³/mol. The van der Waals surface area contributed by atoms with Gasteiger partial charge in [-0.1, -0.05) is 54.9 Å². The van der Waals surface area contributed by atoms with E-state index in [2.05, 4.69) is 12.1 Å². The smallest absolute Gasteiger partial charge is 0.400 e. The van der Waals surface area contributed by atoms with Gasteiger partial charge in [-0.2, -0.15) is 0 Å². The van der Waals surface area contributed by atoms with Crippen LogP contribution in [0.25, 0.3) is 0 Å². The van der Waals surface area contributed by atoms with Gasteiger partial charge in [0.25, 0.3) is 0 Å². The Morgan fingerprint density at radius 1 is 0.844 bits per heavy atom. The van der Waals surface area contributed by atoms with E-state index in [0.29, 0.717) is 17.8 Å². The Balaban J connectivity index is 0.000000554. The number of aliphatic hydroxyl groups is 1. The molecule has 2 aromatic carbocycles. The molecule has 2 aliphatic carbocycles. The molecular formula is C26H37Cl2O4+. The Morgan fingerprint density at radius 2 is 1.25 bits per heavy atom. The van der Waals surface area contributed by atoms with E-state index in [1.807, 2.05) is 36.4 Å². The lowest BCUT2D eigenvalue weighted by Gasteiger charge is -2.25. The molecule has 2 fully saturated rings. The van der Waals surface area contributed by atoms with Crippen LogP contribution in [0.3, 0.4) is 0 Å². The van der Waals surface area contributed by atoms with Gasteiger partial charge in [-0.15, -0.1) is 0 Å². The minimum Gasteiger partial charge on any atom is -0.400 e. The van der Waals surface area contributed by atoms with Crippen molar-refractivity contribution in [1.82, 2.24) is 0 Å². The molecule has 2 unspecified atom stereocenters. The summed E-state index contributed by atoms with van der Waals surface area (Å²) in [5.74, 6) is 1.69. The molecule has 2 atom stereocenters. The number of benzene rings is 2. The highest BCUT2D eigenvalue weighted by atomic mass is 35.5. The van der Waals surface area contributed by atoms with Crippen LogP contribution in [0.1, 0.15) is 57.5 Å². The van der Waals surface area contributed by atoms with Gasteiger partial charge in [0.2, 0.25) is 0 Å². The summed E-state index contributed by atoms with van der Waals surface area (Å²) in [5.41, 5.74) is 2.35. The van der Waals surface area contributed by atoms with Crippen LogP contribution in [0.4, 0.5) is 0 Å². The van der Waals surface area contributed by atoms with Crippen molar-refractivity contribution in [2.24, 2.45) is 11.8 Å². The Kier molecular flexibility index (Phi) is 13.1. The second-order valence-electron chi connectivity index (χ2n) is 7.81. The fourth-order valence-corrected chi connectivity index (χ4v) is 4.04. The highest BCUT2D eigenvalue weighted by Gasteiger charge is 2.38. The average molecular weight is 484 g/mol. The molecule has 6 heteroatoms. The molecule has 4 nitrogen and oxygen atoms in total. The number of halogens is 2. The Hall–Kier alpha value is -1.43. The monoisotopic (exact) mass is 483 g/mol. The summed E-state index contributed by atoms with van der Waals surface area (Å²) in [4.78, 5) is 10.8. The van der Waals surface area contributed by atoms with Gasteiger partial charge in [0.05, 0.1) is 0 Å². The minimum atomic E-state index is -0.159. The van der Waals surface area contributed by atoms with Gasteiger partial charge >= 0.3 is 1.43 Å². The first-order valence-electron chi connectivity index (χ1n) is 10.5. The van der Waals surface area contributed by atoms with E-state index in [0.717, 1.165) is 29.0 Å². The third-order valence-electron chi connectivity index (χ3n) is 5.67. The van der Waals surface area contributed by atoms with Gasteiger partial charge in [-0.3, -0.25) is 0 Å². The molecule has 0 radical (unpaired) electrons. The lowest BCUT2D eigenvalue weighted by Crippen LogP contribution is -2.24. The summed E-state index contributed by atoms with van der Waals surface area (Å²) in [6.45, 7) is 0. The van der Waals surface area contributed by atoms with Gasteiger partial charge in [0.1, 0.15) is 6.29 Å². The van der Waals surface area contributed by atoms with Crippen molar-refractivity contribution in [3.05, 3.63) is 69.7 Å². The van der Waals surface area contributed by atoms with Crippen molar-refractivity contribution in [3.63, 3.8) is 0 Å². The molecule has 0 heterocycles. The maximum atomic E-state index is 10.8. The molecule has 4 rings (SSSR count). The number of rotatable bonds is 8. The lowest BCUT2D eigenvalue weighted by molar-refractivity contribution is -0.122. The largest absolute Gasteiger partial charge is 1.00 e. The molecule has 2 saturated carbocycles. The third-order valence-corrected chi connectivity index (χ3v) is 6.18. The van der Waals surface area contributed by atoms with E-state index in [1.54, 1.807) is 14.2 Å². The van der Waals surface area contributed by atoms with Crippen LogP contribution in [0, 0.1) is 11.8 Å². The molecule has 0 aliphatic heterocycles. The molecule has 0 amide bonds. The molecule has 2 aliphatic rings. The molecule has 0 saturated heterocycles. The summed E-state index contributed by atoms with van der Waals surface area (Å²) < 4.78 is 10.8. The number of hydrogen-bond acceptors (Lipinski definition) is 4. The van der Waals surface area contributed by atoms with Crippen molar-refractivity contribution >= 4 is 29.5 Å². The van der Waals surface area contributed by atoms with Crippen LogP contribution in [-0.4, -0.2) is 39.0 Å². The summed E-state index contributed by atoms with van der Waals surface area (Å²) in [6, 6.07) is 15.6. The van der Waals surface area contributed by atoms with Crippen molar-refractivity contribution in [2.75, 3.05) is 21.3 Å². The van der Waals surface area contributed by atoms with E-state index in [4.69, 9.17) is 37.8 Å². The standard InChI is InChI=1S/C13H17ClO2.C11H11ClO.CH4O.CH4/c1-15-13(16-2)12(9-3-4-9)10-5-7-11(14)8-6-10;12-10-5-3-9(4-6-10)11(7-13)8-1-2-8;1-2;/h5-9,12-13H,3-4H2,1-2H3;3-8,11H,1-2H2;2H,1H3;1H4/p+1. The van der Waals surface area contributed by atoms with Crippen LogP contribution in [-0.2, 0) is 14.3 Å². The molecule has 0 bridgehead atoms. The molecule has 0 spiro atoms. The van der Waals surface area contributed by atoms with Crippen LogP contribution in [0.2, 0.25) is 10.0 Å². The van der Waals surface area contributed by atoms with E-state index in [1.165, 1.54) is 31.2 Å². The van der Waals surface area contributed by atoms with Gasteiger partial charge in [0, 0.05) is 43.2 Å². The fourth-order valence-electron chi connectivity index (χ4n) is 3.78. The SMILES string of the molecule is C.CO.COC(OC)C(c1ccc(Cl)cc1)C1CC1.O=CC(c1ccc(Cl)cc1)C1CC1.[H+]. The van der Waals surface area contributed by atoms with Crippen LogP contribution >= 0.6 is 23.2 Å². The summed E-state index contributed by atoms with van der Waals surface area (Å²) in [7, 11) is 4.39. The number of methoxy groups -OCH3 is 2. The Morgan fingerprint density at radius 3 is 1.59 bits per heavy atom. The number of carbonyl (C=O) groups excluding carboxylic acids is 1. The molecule has 2 aromatic rings. The van der Waals surface area contributed by atoms with Crippen molar-refractivity contribution in [1.29, 1.82) is 0 Å². The number of carbonyl (C=O) groups is 1. The van der Waals surface area contributed by atoms with Crippen molar-refractivity contribution in [2.45, 2.75) is 51.2 Å². The minimum absolute atomic E-state index is 0. The molecule has 178 valence electrons. The highest BCUT2D eigenvalue weighted by Crippen LogP contribution is 2.45. The van der Waals surface area contributed by atoms with E-state index >= 15 is 0 Å². The number of ether oxygens (including phenoxy) is 2. The summed E-state index contributed by atoms with van der Waals surface area (Å²) >= 11 is 11.7. The summed E-state index contributed by atoms with van der Waals surface area (Å²) in [6.07, 6.45) is 5.79. The zero-order valence-electron chi connectivity index (χ0n) is 19.3. The van der Waals surface area contributed by atoms with E-state index < -0.39 is 0 Å². The first kappa shape index (κ1) is 28.6. The number of hydrogen-bond donors (Lipinski definition) is 1. The Bertz CT molecular complexity index is 774. The van der Waals surface area contributed by atoms with Gasteiger partial charge in [-0.05, 0) is 72.9 Å². The summed E-state index contributed by atoms with van der Waals surface area (Å²) in [5, 5.41) is 8.49.